The maximum absolute atomic E-state index is 10.9. The quantitative estimate of drug-likeness (QED) is 0.678. The van der Waals surface area contributed by atoms with E-state index in [1.54, 1.807) is 12.1 Å². The molecule has 0 atom stereocenters. The third-order valence-electron chi connectivity index (χ3n) is 1.57. The topological polar surface area (TPSA) is 50.1 Å². The Morgan fingerprint density at radius 3 is 2.77 bits per heavy atom. The minimum absolute atomic E-state index is 0.170. The number of carbonyl (C=O) groups excluding carboxylic acids is 1. The lowest BCUT2D eigenvalue weighted by Gasteiger charge is -2.03. The van der Waals surface area contributed by atoms with Crippen molar-refractivity contribution in [1.29, 1.82) is 5.26 Å². The molecule has 0 amide bonds. The maximum atomic E-state index is 10.9. The molecule has 1 aromatic carbocycles. The van der Waals surface area contributed by atoms with E-state index in [0.29, 0.717) is 5.75 Å². The summed E-state index contributed by atoms with van der Waals surface area (Å²) in [6, 6.07) is 6.55. The van der Waals surface area contributed by atoms with Crippen LogP contribution in [-0.2, 0) is 0 Å². The Labute approximate surface area is 80.5 Å². The highest BCUT2D eigenvalue weighted by Gasteiger charge is 2.12. The lowest BCUT2D eigenvalue weighted by atomic mass is 10.1. The van der Waals surface area contributed by atoms with Gasteiger partial charge in [0.05, 0.1) is 12.7 Å². The zero-order valence-electron chi connectivity index (χ0n) is 6.87. The van der Waals surface area contributed by atoms with Gasteiger partial charge in [-0.2, -0.15) is 5.26 Å². The minimum atomic E-state index is -0.657. The van der Waals surface area contributed by atoms with Crippen molar-refractivity contribution in [2.75, 3.05) is 7.11 Å². The molecule has 3 nitrogen and oxygen atoms in total. The van der Waals surface area contributed by atoms with Crippen molar-refractivity contribution in [3.05, 3.63) is 29.3 Å². The largest absolute Gasteiger partial charge is 0.495 e. The molecule has 0 aliphatic rings. The molecule has 0 unspecified atom stereocenters. The van der Waals surface area contributed by atoms with Gasteiger partial charge >= 0.3 is 0 Å². The molecule has 0 heterocycles. The van der Waals surface area contributed by atoms with Gasteiger partial charge in [-0.15, -0.1) is 0 Å². The van der Waals surface area contributed by atoms with Gasteiger partial charge in [-0.1, -0.05) is 6.07 Å². The number of hydrogen-bond donors (Lipinski definition) is 0. The molecule has 1 aromatic rings. The van der Waals surface area contributed by atoms with Gasteiger partial charge in [-0.05, 0) is 23.7 Å². The number of nitrogens with zero attached hydrogens (tertiary/aromatic N) is 1. The van der Waals surface area contributed by atoms with Crippen LogP contribution < -0.4 is 4.74 Å². The standard InChI is InChI=1S/C9H6ClNO2/c1-13-8-4-2-3-6(9(10)12)7(8)5-11/h2-4H,1H3. The highest BCUT2D eigenvalue weighted by Crippen LogP contribution is 2.22. The van der Waals surface area contributed by atoms with Crippen molar-refractivity contribution in [3.8, 4) is 11.8 Å². The fraction of sp³-hybridized carbons (Fsp3) is 0.111. The van der Waals surface area contributed by atoms with E-state index in [2.05, 4.69) is 0 Å². The first-order valence-electron chi connectivity index (χ1n) is 3.47. The molecule has 0 radical (unpaired) electrons. The van der Waals surface area contributed by atoms with Gasteiger partial charge < -0.3 is 4.74 Å². The number of nitriles is 1. The maximum Gasteiger partial charge on any atom is 0.253 e. The predicted octanol–water partition coefficient (Wildman–Crippen LogP) is 1.95. The van der Waals surface area contributed by atoms with Crippen LogP contribution in [-0.4, -0.2) is 12.4 Å². The Kier molecular flexibility index (Phi) is 2.88. The van der Waals surface area contributed by atoms with E-state index >= 15 is 0 Å². The van der Waals surface area contributed by atoms with E-state index in [9.17, 15) is 4.79 Å². The first-order valence-corrected chi connectivity index (χ1v) is 3.85. The summed E-state index contributed by atoms with van der Waals surface area (Å²) in [5.74, 6) is 0.356. The van der Waals surface area contributed by atoms with Crippen LogP contribution in [0.15, 0.2) is 18.2 Å². The zero-order chi connectivity index (χ0) is 9.84. The number of ether oxygens (including phenoxy) is 1. The molecule has 0 saturated carbocycles. The molecule has 0 bridgehead atoms. The average Bonchev–Trinajstić information content (AvgIpc) is 2.16. The van der Waals surface area contributed by atoms with E-state index in [0.717, 1.165) is 0 Å². The van der Waals surface area contributed by atoms with Gasteiger partial charge in [0.1, 0.15) is 17.4 Å². The number of halogens is 1. The fourth-order valence-corrected chi connectivity index (χ4v) is 1.14. The molecular weight excluding hydrogens is 190 g/mol. The van der Waals surface area contributed by atoms with Crippen LogP contribution in [0.25, 0.3) is 0 Å². The molecule has 4 heteroatoms. The molecule has 0 aromatic heterocycles. The summed E-state index contributed by atoms with van der Waals surface area (Å²) in [4.78, 5) is 10.9. The summed E-state index contributed by atoms with van der Waals surface area (Å²) >= 11 is 5.27. The number of methoxy groups -OCH3 is 1. The SMILES string of the molecule is COc1cccc(C(=O)Cl)c1C#N. The van der Waals surface area contributed by atoms with Gasteiger partial charge in [0.25, 0.3) is 5.24 Å². The average molecular weight is 196 g/mol. The van der Waals surface area contributed by atoms with Crippen molar-refractivity contribution in [2.24, 2.45) is 0 Å². The van der Waals surface area contributed by atoms with Crippen molar-refractivity contribution in [3.63, 3.8) is 0 Å². The Morgan fingerprint density at radius 2 is 2.31 bits per heavy atom. The van der Waals surface area contributed by atoms with E-state index in [1.807, 2.05) is 6.07 Å². The smallest absolute Gasteiger partial charge is 0.253 e. The zero-order valence-corrected chi connectivity index (χ0v) is 7.63. The number of carbonyl (C=O) groups is 1. The third-order valence-corrected chi connectivity index (χ3v) is 1.77. The van der Waals surface area contributed by atoms with Crippen LogP contribution in [0.2, 0.25) is 0 Å². The Balaban J connectivity index is 3.38. The van der Waals surface area contributed by atoms with E-state index in [1.165, 1.54) is 13.2 Å². The van der Waals surface area contributed by atoms with Crippen LogP contribution in [0.4, 0.5) is 0 Å². The highest BCUT2D eigenvalue weighted by molar-refractivity contribution is 6.68. The second kappa shape index (κ2) is 3.92. The summed E-state index contributed by atoms with van der Waals surface area (Å²) in [6.45, 7) is 0. The fourth-order valence-electron chi connectivity index (χ4n) is 0.980. The first-order chi connectivity index (χ1) is 6.20. The predicted molar refractivity (Wildman–Crippen MR) is 47.9 cm³/mol. The molecule has 0 aliphatic carbocycles. The van der Waals surface area contributed by atoms with Gasteiger partial charge in [-0.3, -0.25) is 4.79 Å². The Morgan fingerprint density at radius 1 is 1.62 bits per heavy atom. The lowest BCUT2D eigenvalue weighted by molar-refractivity contribution is 0.108. The Hall–Kier alpha value is -1.53. The van der Waals surface area contributed by atoms with Crippen molar-refractivity contribution >= 4 is 16.8 Å². The second-order valence-corrected chi connectivity index (χ2v) is 2.61. The van der Waals surface area contributed by atoms with Crippen LogP contribution in [0.5, 0.6) is 5.75 Å². The minimum Gasteiger partial charge on any atom is -0.495 e. The molecule has 0 saturated heterocycles. The second-order valence-electron chi connectivity index (χ2n) is 2.27. The third kappa shape index (κ3) is 1.79. The molecule has 0 fully saturated rings. The first kappa shape index (κ1) is 9.56. The van der Waals surface area contributed by atoms with Crippen molar-refractivity contribution < 1.29 is 9.53 Å². The van der Waals surface area contributed by atoms with Gasteiger partial charge in [0.2, 0.25) is 0 Å². The monoisotopic (exact) mass is 195 g/mol. The summed E-state index contributed by atoms with van der Waals surface area (Å²) in [6.07, 6.45) is 0. The molecule has 0 aliphatic heterocycles. The summed E-state index contributed by atoms with van der Waals surface area (Å²) < 4.78 is 4.89. The van der Waals surface area contributed by atoms with Crippen LogP contribution in [0.3, 0.4) is 0 Å². The Bertz CT molecular complexity index is 382. The number of benzene rings is 1. The van der Waals surface area contributed by atoms with Crippen LogP contribution in [0.1, 0.15) is 15.9 Å². The van der Waals surface area contributed by atoms with E-state index in [4.69, 9.17) is 21.6 Å². The lowest BCUT2D eigenvalue weighted by Crippen LogP contribution is -1.97. The molecule has 0 N–H and O–H groups in total. The molecule has 1 rings (SSSR count). The summed E-state index contributed by atoms with van der Waals surface area (Å²) in [5.41, 5.74) is 0.341. The number of rotatable bonds is 2. The highest BCUT2D eigenvalue weighted by atomic mass is 35.5. The molecule has 66 valence electrons. The van der Waals surface area contributed by atoms with E-state index in [-0.39, 0.29) is 11.1 Å². The van der Waals surface area contributed by atoms with Gasteiger partial charge in [0.15, 0.2) is 0 Å². The van der Waals surface area contributed by atoms with E-state index < -0.39 is 5.24 Å². The summed E-state index contributed by atoms with van der Waals surface area (Å²) in [5, 5.41) is 8.08. The van der Waals surface area contributed by atoms with Gasteiger partial charge in [0, 0.05) is 0 Å². The number of hydrogen-bond acceptors (Lipinski definition) is 3. The van der Waals surface area contributed by atoms with Crippen molar-refractivity contribution in [2.45, 2.75) is 0 Å². The summed E-state index contributed by atoms with van der Waals surface area (Å²) in [7, 11) is 1.43. The molecule has 0 spiro atoms. The van der Waals surface area contributed by atoms with Gasteiger partial charge in [-0.25, -0.2) is 0 Å². The van der Waals surface area contributed by atoms with Crippen LogP contribution >= 0.6 is 11.6 Å². The molecule has 13 heavy (non-hydrogen) atoms. The molecular formula is C9H6ClNO2. The van der Waals surface area contributed by atoms with Crippen LogP contribution in [0, 0.1) is 11.3 Å². The normalized spacial score (nSPS) is 9.00. The van der Waals surface area contributed by atoms with Crippen molar-refractivity contribution in [1.82, 2.24) is 0 Å².